The summed E-state index contributed by atoms with van der Waals surface area (Å²) in [6.07, 6.45) is 0. The van der Waals surface area contributed by atoms with Crippen LogP contribution in [0.5, 0.6) is 5.75 Å². The third-order valence-corrected chi connectivity index (χ3v) is 2.95. The molecule has 2 aromatic carbocycles. The van der Waals surface area contributed by atoms with Gasteiger partial charge in [-0.2, -0.15) is 0 Å². The van der Waals surface area contributed by atoms with Gasteiger partial charge in [0.1, 0.15) is 5.75 Å². The van der Waals surface area contributed by atoms with Crippen LogP contribution in [-0.2, 0) is 6.54 Å². The molecule has 0 atom stereocenters. The molecule has 0 amide bonds. The molecule has 0 saturated carbocycles. The zero-order valence-electron chi connectivity index (χ0n) is 11.5. The van der Waals surface area contributed by atoms with E-state index < -0.39 is 4.92 Å². The van der Waals surface area contributed by atoms with Crippen molar-refractivity contribution < 1.29 is 9.66 Å². The summed E-state index contributed by atoms with van der Waals surface area (Å²) in [6, 6.07) is 12.1. The molecular weight excluding hydrogens is 272 g/mol. The molecule has 0 unspecified atom stereocenters. The molecule has 0 spiro atoms. The SMILES string of the molecule is COc1ccc(CNc2cc(NN)cc([N+](=O)[O-])c2)cc1. The van der Waals surface area contributed by atoms with Crippen LogP contribution in [0.15, 0.2) is 42.5 Å². The first-order chi connectivity index (χ1) is 10.1. The molecule has 7 heteroatoms. The van der Waals surface area contributed by atoms with Gasteiger partial charge in [0.2, 0.25) is 0 Å². The quantitative estimate of drug-likeness (QED) is 0.429. The molecule has 0 saturated heterocycles. The van der Waals surface area contributed by atoms with Gasteiger partial charge in [-0.05, 0) is 23.8 Å². The number of nitrogens with two attached hydrogens (primary N) is 1. The lowest BCUT2D eigenvalue weighted by Crippen LogP contribution is -2.08. The van der Waals surface area contributed by atoms with Crippen LogP contribution >= 0.6 is 0 Å². The highest BCUT2D eigenvalue weighted by Crippen LogP contribution is 2.24. The Morgan fingerprint density at radius 1 is 1.19 bits per heavy atom. The van der Waals surface area contributed by atoms with E-state index in [0.717, 1.165) is 11.3 Å². The van der Waals surface area contributed by atoms with Crippen molar-refractivity contribution >= 4 is 17.1 Å². The van der Waals surface area contributed by atoms with Gasteiger partial charge in [-0.15, -0.1) is 0 Å². The van der Waals surface area contributed by atoms with Crippen LogP contribution in [0.2, 0.25) is 0 Å². The Labute approximate surface area is 121 Å². The van der Waals surface area contributed by atoms with Crippen molar-refractivity contribution in [1.82, 2.24) is 0 Å². The Morgan fingerprint density at radius 2 is 1.86 bits per heavy atom. The average molecular weight is 288 g/mol. The van der Waals surface area contributed by atoms with Crippen molar-refractivity contribution in [2.24, 2.45) is 5.84 Å². The lowest BCUT2D eigenvalue weighted by atomic mass is 10.2. The maximum absolute atomic E-state index is 10.9. The minimum atomic E-state index is -0.459. The number of nitrogens with zero attached hydrogens (tertiary/aromatic N) is 1. The van der Waals surface area contributed by atoms with Crippen molar-refractivity contribution in [3.05, 3.63) is 58.1 Å². The lowest BCUT2D eigenvalue weighted by Gasteiger charge is -2.09. The van der Waals surface area contributed by atoms with Crippen molar-refractivity contribution in [2.75, 3.05) is 17.9 Å². The molecule has 0 aliphatic carbocycles. The minimum absolute atomic E-state index is 0.0253. The van der Waals surface area contributed by atoms with Crippen LogP contribution in [-0.4, -0.2) is 12.0 Å². The monoisotopic (exact) mass is 288 g/mol. The van der Waals surface area contributed by atoms with E-state index >= 15 is 0 Å². The van der Waals surface area contributed by atoms with E-state index in [1.54, 1.807) is 13.2 Å². The molecule has 0 aromatic heterocycles. The summed E-state index contributed by atoms with van der Waals surface area (Å²) < 4.78 is 5.09. The molecule has 2 rings (SSSR count). The largest absolute Gasteiger partial charge is 0.497 e. The summed E-state index contributed by atoms with van der Waals surface area (Å²) in [7, 11) is 1.61. The predicted molar refractivity (Wildman–Crippen MR) is 81.2 cm³/mol. The first kappa shape index (κ1) is 14.6. The maximum Gasteiger partial charge on any atom is 0.273 e. The summed E-state index contributed by atoms with van der Waals surface area (Å²) in [5.74, 6) is 6.09. The third-order valence-electron chi connectivity index (χ3n) is 2.95. The Morgan fingerprint density at radius 3 is 2.43 bits per heavy atom. The van der Waals surface area contributed by atoms with Gasteiger partial charge in [0.05, 0.1) is 17.7 Å². The molecule has 110 valence electrons. The highest BCUT2D eigenvalue weighted by atomic mass is 16.6. The Bertz CT molecular complexity index is 629. The summed E-state index contributed by atoms with van der Waals surface area (Å²) in [5, 5.41) is 14.0. The molecule has 0 aliphatic rings. The fourth-order valence-corrected chi connectivity index (χ4v) is 1.85. The molecule has 0 radical (unpaired) electrons. The standard InChI is InChI=1S/C14H16N4O3/c1-21-14-4-2-10(3-5-14)9-16-11-6-12(17-15)8-13(7-11)18(19)20/h2-8,16-17H,9,15H2,1H3. The summed E-state index contributed by atoms with van der Waals surface area (Å²) in [6.45, 7) is 0.537. The van der Waals surface area contributed by atoms with E-state index in [1.807, 2.05) is 24.3 Å². The second-order valence-electron chi connectivity index (χ2n) is 4.37. The maximum atomic E-state index is 10.9. The Hall–Kier alpha value is -2.80. The number of hydrogen-bond acceptors (Lipinski definition) is 6. The van der Waals surface area contributed by atoms with E-state index in [4.69, 9.17) is 10.6 Å². The number of nitrogen functional groups attached to an aromatic ring is 1. The number of methoxy groups -OCH3 is 1. The molecule has 2 aromatic rings. The van der Waals surface area contributed by atoms with Crippen LogP contribution in [0.4, 0.5) is 17.1 Å². The second-order valence-corrected chi connectivity index (χ2v) is 4.37. The fourth-order valence-electron chi connectivity index (χ4n) is 1.85. The Kier molecular flexibility index (Phi) is 4.57. The molecule has 7 nitrogen and oxygen atoms in total. The number of hydrazine groups is 1. The minimum Gasteiger partial charge on any atom is -0.497 e. The van der Waals surface area contributed by atoms with Gasteiger partial charge >= 0.3 is 0 Å². The van der Waals surface area contributed by atoms with Crippen LogP contribution < -0.4 is 21.3 Å². The summed E-state index contributed by atoms with van der Waals surface area (Å²) in [5.41, 5.74) is 4.51. The van der Waals surface area contributed by atoms with Crippen molar-refractivity contribution in [3.8, 4) is 5.75 Å². The van der Waals surface area contributed by atoms with E-state index in [0.29, 0.717) is 17.9 Å². The number of nitro benzene ring substituents is 1. The smallest absolute Gasteiger partial charge is 0.273 e. The average Bonchev–Trinajstić information content (AvgIpc) is 2.53. The topological polar surface area (TPSA) is 102 Å². The van der Waals surface area contributed by atoms with Crippen LogP contribution in [0.3, 0.4) is 0 Å². The number of hydrogen-bond donors (Lipinski definition) is 3. The number of rotatable bonds is 6. The molecule has 4 N–H and O–H groups in total. The van der Waals surface area contributed by atoms with Crippen molar-refractivity contribution in [3.63, 3.8) is 0 Å². The normalized spacial score (nSPS) is 10.0. The highest BCUT2D eigenvalue weighted by molar-refractivity contribution is 5.63. The summed E-state index contributed by atoms with van der Waals surface area (Å²) >= 11 is 0. The zero-order chi connectivity index (χ0) is 15.2. The van der Waals surface area contributed by atoms with Crippen LogP contribution in [0.25, 0.3) is 0 Å². The van der Waals surface area contributed by atoms with E-state index in [2.05, 4.69) is 10.7 Å². The van der Waals surface area contributed by atoms with Gasteiger partial charge in [0.15, 0.2) is 0 Å². The van der Waals surface area contributed by atoms with Crippen LogP contribution in [0.1, 0.15) is 5.56 Å². The van der Waals surface area contributed by atoms with Gasteiger partial charge in [-0.3, -0.25) is 16.0 Å². The summed E-state index contributed by atoms with van der Waals surface area (Å²) in [4.78, 5) is 10.4. The van der Waals surface area contributed by atoms with Gasteiger partial charge in [0, 0.05) is 24.4 Å². The number of nitrogens with one attached hydrogen (secondary N) is 2. The molecular formula is C14H16N4O3. The first-order valence-corrected chi connectivity index (χ1v) is 6.25. The molecule has 0 heterocycles. The fraction of sp³-hybridized carbons (Fsp3) is 0.143. The molecule has 0 bridgehead atoms. The van der Waals surface area contributed by atoms with E-state index in [9.17, 15) is 10.1 Å². The molecule has 0 fully saturated rings. The predicted octanol–water partition coefficient (Wildman–Crippen LogP) is 2.50. The second kappa shape index (κ2) is 6.58. The Balaban J connectivity index is 2.11. The van der Waals surface area contributed by atoms with Crippen molar-refractivity contribution in [2.45, 2.75) is 6.54 Å². The van der Waals surface area contributed by atoms with Gasteiger partial charge in [-0.1, -0.05) is 12.1 Å². The van der Waals surface area contributed by atoms with E-state index in [1.165, 1.54) is 12.1 Å². The highest BCUT2D eigenvalue weighted by Gasteiger charge is 2.09. The van der Waals surface area contributed by atoms with Gasteiger partial charge in [-0.25, -0.2) is 0 Å². The number of anilines is 2. The number of nitro groups is 1. The molecule has 0 aliphatic heterocycles. The zero-order valence-corrected chi connectivity index (χ0v) is 11.5. The van der Waals surface area contributed by atoms with Crippen molar-refractivity contribution in [1.29, 1.82) is 0 Å². The molecule has 21 heavy (non-hydrogen) atoms. The van der Waals surface area contributed by atoms with Gasteiger partial charge < -0.3 is 15.5 Å². The van der Waals surface area contributed by atoms with Crippen LogP contribution in [0, 0.1) is 10.1 Å². The third kappa shape index (κ3) is 3.83. The number of ether oxygens (including phenoxy) is 1. The number of benzene rings is 2. The first-order valence-electron chi connectivity index (χ1n) is 6.25. The lowest BCUT2D eigenvalue weighted by molar-refractivity contribution is -0.384. The van der Waals surface area contributed by atoms with E-state index in [-0.39, 0.29) is 5.69 Å². The van der Waals surface area contributed by atoms with Gasteiger partial charge in [0.25, 0.3) is 5.69 Å². The number of non-ortho nitro benzene ring substituents is 1.